The van der Waals surface area contributed by atoms with Gasteiger partial charge in [0.1, 0.15) is 0 Å². The molecule has 0 fully saturated rings. The van der Waals surface area contributed by atoms with Crippen molar-refractivity contribution in [2.24, 2.45) is 0 Å². The molecule has 0 saturated carbocycles. The van der Waals surface area contributed by atoms with Gasteiger partial charge in [-0.2, -0.15) is 0 Å². The average Bonchev–Trinajstić information content (AvgIpc) is 2.16. The van der Waals surface area contributed by atoms with Crippen molar-refractivity contribution in [1.29, 1.82) is 0 Å². The molecule has 0 heterocycles. The number of rotatable bonds is 3. The summed E-state index contributed by atoms with van der Waals surface area (Å²) in [5, 5.41) is 26.9. The Morgan fingerprint density at radius 3 is 2.33 bits per heavy atom. The molecule has 0 bridgehead atoms. The summed E-state index contributed by atoms with van der Waals surface area (Å²) in [4.78, 5) is 10.9. The quantitative estimate of drug-likeness (QED) is 0.619. The zero-order valence-corrected chi connectivity index (χ0v) is 8.64. The maximum atomic E-state index is 10.9. The van der Waals surface area contributed by atoms with Crippen molar-refractivity contribution in [2.45, 2.75) is 19.8 Å². The number of hydrogen-bond donors (Lipinski definition) is 3. The highest BCUT2D eigenvalue weighted by molar-refractivity contribution is 6.58. The van der Waals surface area contributed by atoms with Crippen LogP contribution in [-0.2, 0) is 0 Å². The molecule has 1 aromatic rings. The van der Waals surface area contributed by atoms with E-state index in [0.29, 0.717) is 11.0 Å². The topological polar surface area (TPSA) is 77.8 Å². The number of aromatic carboxylic acids is 1. The Morgan fingerprint density at radius 2 is 1.93 bits per heavy atom. The lowest BCUT2D eigenvalue weighted by atomic mass is 9.77. The van der Waals surface area contributed by atoms with Gasteiger partial charge in [0, 0.05) is 0 Å². The fourth-order valence-corrected chi connectivity index (χ4v) is 1.41. The second-order valence-corrected chi connectivity index (χ2v) is 3.68. The molecule has 0 unspecified atom stereocenters. The van der Waals surface area contributed by atoms with E-state index in [1.807, 2.05) is 13.8 Å². The maximum absolute atomic E-state index is 10.9. The van der Waals surface area contributed by atoms with Crippen molar-refractivity contribution >= 4 is 18.6 Å². The van der Waals surface area contributed by atoms with Gasteiger partial charge in [-0.25, -0.2) is 4.79 Å². The first-order chi connectivity index (χ1) is 6.93. The van der Waals surface area contributed by atoms with Crippen LogP contribution in [0.4, 0.5) is 0 Å². The first-order valence-electron chi connectivity index (χ1n) is 4.66. The second-order valence-electron chi connectivity index (χ2n) is 3.68. The maximum Gasteiger partial charge on any atom is 0.488 e. The fraction of sp³-hybridized carbons (Fsp3) is 0.300. The van der Waals surface area contributed by atoms with Gasteiger partial charge < -0.3 is 15.2 Å². The molecule has 80 valence electrons. The summed E-state index contributed by atoms with van der Waals surface area (Å²) in [6.45, 7) is 3.71. The van der Waals surface area contributed by atoms with Crippen molar-refractivity contribution in [2.75, 3.05) is 0 Å². The fourth-order valence-electron chi connectivity index (χ4n) is 1.41. The van der Waals surface area contributed by atoms with Crippen LogP contribution >= 0.6 is 0 Å². The Bertz CT molecular complexity index is 374. The van der Waals surface area contributed by atoms with E-state index in [2.05, 4.69) is 0 Å². The molecule has 3 N–H and O–H groups in total. The van der Waals surface area contributed by atoms with Crippen molar-refractivity contribution in [1.82, 2.24) is 0 Å². The van der Waals surface area contributed by atoms with Crippen LogP contribution in [-0.4, -0.2) is 28.2 Å². The minimum atomic E-state index is -1.56. The molecule has 0 spiro atoms. The van der Waals surface area contributed by atoms with Crippen LogP contribution in [0.25, 0.3) is 0 Å². The summed E-state index contributed by atoms with van der Waals surface area (Å²) in [7, 11) is -1.56. The highest BCUT2D eigenvalue weighted by Crippen LogP contribution is 2.18. The molecule has 15 heavy (non-hydrogen) atoms. The molecule has 0 aliphatic heterocycles. The van der Waals surface area contributed by atoms with Crippen LogP contribution in [0.1, 0.15) is 35.7 Å². The summed E-state index contributed by atoms with van der Waals surface area (Å²) in [6, 6.07) is 4.31. The molecule has 0 radical (unpaired) electrons. The monoisotopic (exact) mass is 208 g/mol. The van der Waals surface area contributed by atoms with Gasteiger partial charge in [0.15, 0.2) is 0 Å². The molecule has 0 saturated heterocycles. The van der Waals surface area contributed by atoms with Crippen LogP contribution < -0.4 is 5.46 Å². The first kappa shape index (κ1) is 11.7. The predicted molar refractivity (Wildman–Crippen MR) is 57.3 cm³/mol. The number of carbonyl (C=O) groups is 1. The van der Waals surface area contributed by atoms with Crippen LogP contribution in [0, 0.1) is 0 Å². The van der Waals surface area contributed by atoms with E-state index in [0.717, 1.165) is 0 Å². The Labute approximate surface area is 88.3 Å². The smallest absolute Gasteiger partial charge is 0.478 e. The highest BCUT2D eigenvalue weighted by Gasteiger charge is 2.17. The molecular weight excluding hydrogens is 195 g/mol. The van der Waals surface area contributed by atoms with Gasteiger partial charge in [0.25, 0.3) is 0 Å². The van der Waals surface area contributed by atoms with Gasteiger partial charge in [0.05, 0.1) is 5.56 Å². The minimum Gasteiger partial charge on any atom is -0.478 e. The summed E-state index contributed by atoms with van der Waals surface area (Å²) < 4.78 is 0. The zero-order valence-electron chi connectivity index (χ0n) is 8.64. The normalized spacial score (nSPS) is 10.5. The molecule has 1 aromatic carbocycles. The summed E-state index contributed by atoms with van der Waals surface area (Å²) in [5.74, 6) is -0.979. The predicted octanol–water partition coefficient (Wildman–Crippen LogP) is 0.188. The summed E-state index contributed by atoms with van der Waals surface area (Å²) in [6.07, 6.45) is 0. The molecule has 0 aliphatic rings. The minimum absolute atomic E-state index is 0.0230. The van der Waals surface area contributed by atoms with E-state index in [9.17, 15) is 4.79 Å². The zero-order chi connectivity index (χ0) is 11.6. The lowest BCUT2D eigenvalue weighted by Gasteiger charge is -2.11. The van der Waals surface area contributed by atoms with E-state index in [-0.39, 0.29) is 11.5 Å². The molecule has 0 aromatic heterocycles. The van der Waals surface area contributed by atoms with Crippen LogP contribution in [0.3, 0.4) is 0 Å². The van der Waals surface area contributed by atoms with Gasteiger partial charge in [-0.1, -0.05) is 26.0 Å². The van der Waals surface area contributed by atoms with Crippen LogP contribution in [0.5, 0.6) is 0 Å². The number of benzene rings is 1. The third-order valence-electron chi connectivity index (χ3n) is 2.23. The molecule has 0 amide bonds. The lowest BCUT2D eigenvalue weighted by molar-refractivity contribution is 0.0695. The number of carboxylic acids is 1. The molecule has 0 atom stereocenters. The van der Waals surface area contributed by atoms with Crippen molar-refractivity contribution in [3.63, 3.8) is 0 Å². The second kappa shape index (κ2) is 4.46. The lowest BCUT2D eigenvalue weighted by Crippen LogP contribution is -2.30. The SMILES string of the molecule is CC(C)c1cc(B(O)O)ccc1C(=O)O. The van der Waals surface area contributed by atoms with Gasteiger partial charge in [0.2, 0.25) is 0 Å². The molecule has 5 heteroatoms. The van der Waals surface area contributed by atoms with Gasteiger partial charge in [-0.05, 0) is 23.0 Å². The van der Waals surface area contributed by atoms with Crippen molar-refractivity contribution in [3.05, 3.63) is 29.3 Å². The van der Waals surface area contributed by atoms with Crippen molar-refractivity contribution in [3.8, 4) is 0 Å². The van der Waals surface area contributed by atoms with E-state index in [1.165, 1.54) is 18.2 Å². The molecule has 1 rings (SSSR count). The Morgan fingerprint density at radius 1 is 1.33 bits per heavy atom. The number of hydrogen-bond acceptors (Lipinski definition) is 3. The molecule has 4 nitrogen and oxygen atoms in total. The van der Waals surface area contributed by atoms with Gasteiger partial charge in [-0.15, -0.1) is 0 Å². The van der Waals surface area contributed by atoms with Crippen LogP contribution in [0.2, 0.25) is 0 Å². The van der Waals surface area contributed by atoms with E-state index >= 15 is 0 Å². The summed E-state index contributed by atoms with van der Waals surface area (Å²) in [5.41, 5.74) is 1.12. The summed E-state index contributed by atoms with van der Waals surface area (Å²) >= 11 is 0. The first-order valence-corrected chi connectivity index (χ1v) is 4.66. The van der Waals surface area contributed by atoms with Gasteiger partial charge >= 0.3 is 13.1 Å². The van der Waals surface area contributed by atoms with E-state index in [1.54, 1.807) is 0 Å². The molecular formula is C10H13BO4. The third kappa shape index (κ3) is 2.58. The van der Waals surface area contributed by atoms with Crippen molar-refractivity contribution < 1.29 is 19.9 Å². The number of carboxylic acid groups (broad SMARTS) is 1. The Hall–Kier alpha value is -1.33. The molecule has 0 aliphatic carbocycles. The van der Waals surface area contributed by atoms with E-state index in [4.69, 9.17) is 15.2 Å². The highest BCUT2D eigenvalue weighted by atomic mass is 16.4. The van der Waals surface area contributed by atoms with E-state index < -0.39 is 13.1 Å². The third-order valence-corrected chi connectivity index (χ3v) is 2.23. The Kier molecular flexibility index (Phi) is 3.50. The van der Waals surface area contributed by atoms with Gasteiger partial charge in [-0.3, -0.25) is 0 Å². The Balaban J connectivity index is 3.27. The largest absolute Gasteiger partial charge is 0.488 e. The van der Waals surface area contributed by atoms with Crippen LogP contribution in [0.15, 0.2) is 18.2 Å². The standard InChI is InChI=1S/C10H13BO4/c1-6(2)9-5-7(11(14)15)3-4-8(9)10(12)13/h3-6,14-15H,1-2H3,(H,12,13). The average molecular weight is 208 g/mol.